The lowest BCUT2D eigenvalue weighted by molar-refractivity contribution is 0.0374. The zero-order valence-corrected chi connectivity index (χ0v) is 16.9. The van der Waals surface area contributed by atoms with E-state index in [-0.39, 0.29) is 12.6 Å². The Kier molecular flexibility index (Phi) is 7.71. The zero-order valence-electron chi connectivity index (χ0n) is 16.9. The maximum absolute atomic E-state index is 12.3. The summed E-state index contributed by atoms with van der Waals surface area (Å²) in [5.74, 6) is 1.42. The molecule has 9 nitrogen and oxygen atoms in total. The molecule has 1 saturated heterocycles. The van der Waals surface area contributed by atoms with Crippen molar-refractivity contribution in [1.82, 2.24) is 20.0 Å². The predicted octanol–water partition coefficient (Wildman–Crippen LogP) is 1.39. The first-order chi connectivity index (χ1) is 14.2. The van der Waals surface area contributed by atoms with Crippen LogP contribution in [0.5, 0.6) is 17.2 Å². The Morgan fingerprint density at radius 3 is 2.59 bits per heavy atom. The van der Waals surface area contributed by atoms with Crippen LogP contribution in [-0.4, -0.2) is 74.2 Å². The number of carbonyl (C=O) groups is 1. The van der Waals surface area contributed by atoms with Gasteiger partial charge in [-0.3, -0.25) is 9.69 Å². The van der Waals surface area contributed by atoms with Crippen molar-refractivity contribution in [2.24, 2.45) is 0 Å². The summed E-state index contributed by atoms with van der Waals surface area (Å²) in [6, 6.07) is 7.06. The van der Waals surface area contributed by atoms with E-state index in [4.69, 9.17) is 18.9 Å². The third-order valence-corrected chi connectivity index (χ3v) is 4.64. The minimum atomic E-state index is -0.194. The lowest BCUT2D eigenvalue weighted by Gasteiger charge is -2.26. The topological polar surface area (TPSA) is 87.1 Å². The van der Waals surface area contributed by atoms with E-state index < -0.39 is 0 Å². The maximum Gasteiger partial charge on any atom is 0.271 e. The molecule has 0 unspecified atom stereocenters. The van der Waals surface area contributed by atoms with Gasteiger partial charge in [0.2, 0.25) is 5.75 Å². The van der Waals surface area contributed by atoms with Gasteiger partial charge in [-0.05, 0) is 31.2 Å². The van der Waals surface area contributed by atoms with Gasteiger partial charge in [-0.15, -0.1) is 0 Å². The molecule has 0 aliphatic carbocycles. The van der Waals surface area contributed by atoms with Crippen molar-refractivity contribution in [2.45, 2.75) is 13.2 Å². The molecule has 158 valence electrons. The number of hydrogen-bond acceptors (Lipinski definition) is 7. The van der Waals surface area contributed by atoms with Crippen molar-refractivity contribution in [2.75, 3.05) is 53.6 Å². The van der Waals surface area contributed by atoms with Crippen LogP contribution in [0.25, 0.3) is 0 Å². The molecule has 9 heteroatoms. The van der Waals surface area contributed by atoms with Crippen LogP contribution in [0.2, 0.25) is 0 Å². The molecule has 0 radical (unpaired) electrons. The molecule has 0 spiro atoms. The summed E-state index contributed by atoms with van der Waals surface area (Å²) < 4.78 is 23.3. The summed E-state index contributed by atoms with van der Waals surface area (Å²) in [6.45, 7) is 5.16. The molecule has 0 saturated carbocycles. The fourth-order valence-electron chi connectivity index (χ4n) is 3.06. The van der Waals surface area contributed by atoms with E-state index in [0.717, 1.165) is 39.3 Å². The van der Waals surface area contributed by atoms with Crippen molar-refractivity contribution in [3.63, 3.8) is 0 Å². The van der Waals surface area contributed by atoms with Crippen LogP contribution in [0.15, 0.2) is 30.5 Å². The second kappa shape index (κ2) is 10.7. The average Bonchev–Trinajstić information content (AvgIpc) is 3.24. The van der Waals surface area contributed by atoms with Crippen molar-refractivity contribution in [3.05, 3.63) is 36.2 Å². The number of benzene rings is 1. The van der Waals surface area contributed by atoms with Crippen LogP contribution >= 0.6 is 0 Å². The van der Waals surface area contributed by atoms with Gasteiger partial charge >= 0.3 is 0 Å². The van der Waals surface area contributed by atoms with Crippen molar-refractivity contribution < 1.29 is 23.7 Å². The van der Waals surface area contributed by atoms with E-state index in [1.54, 1.807) is 43.3 Å². The summed E-state index contributed by atoms with van der Waals surface area (Å²) >= 11 is 0. The molecule has 1 aromatic heterocycles. The Bertz CT molecular complexity index is 767. The summed E-state index contributed by atoms with van der Waals surface area (Å²) in [6.07, 6.45) is 2.59. The van der Waals surface area contributed by atoms with Crippen LogP contribution < -0.4 is 19.5 Å². The molecule has 2 heterocycles. The number of amides is 1. The number of aromatic nitrogens is 2. The van der Waals surface area contributed by atoms with Gasteiger partial charge in [-0.2, -0.15) is 5.10 Å². The maximum atomic E-state index is 12.3. The Morgan fingerprint density at radius 1 is 1.17 bits per heavy atom. The summed E-state index contributed by atoms with van der Waals surface area (Å²) in [5.41, 5.74) is 0.354. The number of morpholine rings is 1. The van der Waals surface area contributed by atoms with Gasteiger partial charge in [-0.1, -0.05) is 6.07 Å². The zero-order chi connectivity index (χ0) is 20.5. The minimum absolute atomic E-state index is 0.126. The lowest BCUT2D eigenvalue weighted by atomic mass is 10.3. The number of carbonyl (C=O) groups excluding carboxylic acids is 1. The number of methoxy groups -OCH3 is 2. The van der Waals surface area contributed by atoms with Gasteiger partial charge in [0.15, 0.2) is 18.2 Å². The molecule has 1 aliphatic heterocycles. The smallest absolute Gasteiger partial charge is 0.271 e. The molecule has 1 aliphatic rings. The lowest BCUT2D eigenvalue weighted by Crippen LogP contribution is -2.38. The van der Waals surface area contributed by atoms with Crippen LogP contribution in [-0.2, 0) is 11.5 Å². The van der Waals surface area contributed by atoms with Crippen LogP contribution in [0, 0.1) is 0 Å². The quantitative estimate of drug-likeness (QED) is 0.599. The highest BCUT2D eigenvalue weighted by Crippen LogP contribution is 2.36. The van der Waals surface area contributed by atoms with Gasteiger partial charge in [0.25, 0.3) is 5.91 Å². The van der Waals surface area contributed by atoms with Gasteiger partial charge in [0.1, 0.15) is 5.69 Å². The van der Waals surface area contributed by atoms with Crippen LogP contribution in [0.4, 0.5) is 0 Å². The Balaban J connectivity index is 1.46. The highest BCUT2D eigenvalue weighted by atomic mass is 16.5. The van der Waals surface area contributed by atoms with Gasteiger partial charge in [0, 0.05) is 25.8 Å². The standard InChI is InChI=1S/C20H28N4O5/c1-26-17-5-3-6-18(27-2)19(17)29-15-24-10-7-16(22-24)20(25)21-8-4-9-23-11-13-28-14-12-23/h3,5-7,10H,4,8-9,11-15H2,1-2H3,(H,21,25). The van der Waals surface area contributed by atoms with E-state index in [0.29, 0.717) is 29.5 Å². The number of nitrogens with zero attached hydrogens (tertiary/aromatic N) is 3. The van der Waals surface area contributed by atoms with Gasteiger partial charge in [0.05, 0.1) is 27.4 Å². The van der Waals surface area contributed by atoms with Crippen molar-refractivity contribution in [3.8, 4) is 17.2 Å². The monoisotopic (exact) mass is 404 g/mol. The number of hydrogen-bond donors (Lipinski definition) is 1. The molecular formula is C20H28N4O5. The third-order valence-electron chi connectivity index (χ3n) is 4.64. The minimum Gasteiger partial charge on any atom is -0.493 e. The number of para-hydroxylation sites is 1. The predicted molar refractivity (Wildman–Crippen MR) is 107 cm³/mol. The molecule has 29 heavy (non-hydrogen) atoms. The number of ether oxygens (including phenoxy) is 4. The largest absolute Gasteiger partial charge is 0.493 e. The first kappa shape index (κ1) is 20.9. The van der Waals surface area contributed by atoms with E-state index in [9.17, 15) is 4.79 Å². The molecule has 1 amide bonds. The van der Waals surface area contributed by atoms with Crippen molar-refractivity contribution >= 4 is 5.91 Å². The highest BCUT2D eigenvalue weighted by molar-refractivity contribution is 5.92. The summed E-state index contributed by atoms with van der Waals surface area (Å²) in [4.78, 5) is 14.6. The van der Waals surface area contributed by atoms with Crippen molar-refractivity contribution in [1.29, 1.82) is 0 Å². The summed E-state index contributed by atoms with van der Waals surface area (Å²) in [7, 11) is 3.13. The Morgan fingerprint density at radius 2 is 1.90 bits per heavy atom. The van der Waals surface area contributed by atoms with E-state index in [1.807, 2.05) is 6.07 Å². The molecular weight excluding hydrogens is 376 g/mol. The van der Waals surface area contributed by atoms with Crippen LogP contribution in [0.3, 0.4) is 0 Å². The first-order valence-electron chi connectivity index (χ1n) is 9.67. The molecule has 1 N–H and O–H groups in total. The molecule has 0 bridgehead atoms. The Labute approximate surface area is 170 Å². The fraction of sp³-hybridized carbons (Fsp3) is 0.500. The number of rotatable bonds is 10. The SMILES string of the molecule is COc1cccc(OC)c1OCn1ccc(C(=O)NCCCN2CCOCC2)n1. The van der Waals surface area contributed by atoms with E-state index >= 15 is 0 Å². The third kappa shape index (κ3) is 5.85. The molecule has 0 atom stereocenters. The Hall–Kier alpha value is -2.78. The normalized spacial score (nSPS) is 14.4. The average molecular weight is 404 g/mol. The first-order valence-corrected chi connectivity index (χ1v) is 9.67. The molecule has 3 rings (SSSR count). The molecule has 1 fully saturated rings. The number of nitrogens with one attached hydrogen (secondary N) is 1. The molecule has 2 aromatic rings. The highest BCUT2D eigenvalue weighted by Gasteiger charge is 2.14. The van der Waals surface area contributed by atoms with E-state index in [2.05, 4.69) is 15.3 Å². The van der Waals surface area contributed by atoms with Gasteiger partial charge in [-0.25, -0.2) is 4.68 Å². The van der Waals surface area contributed by atoms with Gasteiger partial charge < -0.3 is 24.3 Å². The summed E-state index contributed by atoms with van der Waals surface area (Å²) in [5, 5.41) is 7.18. The second-order valence-corrected chi connectivity index (χ2v) is 6.57. The van der Waals surface area contributed by atoms with E-state index in [1.165, 1.54) is 0 Å². The van der Waals surface area contributed by atoms with Crippen LogP contribution in [0.1, 0.15) is 16.9 Å². The fourth-order valence-corrected chi connectivity index (χ4v) is 3.06. The second-order valence-electron chi connectivity index (χ2n) is 6.57. The molecule has 1 aromatic carbocycles.